The lowest BCUT2D eigenvalue weighted by Crippen LogP contribution is -2.42. The molecule has 1 heterocycles. The number of nitrogens with zero attached hydrogens (tertiary/aromatic N) is 1. The molecule has 0 radical (unpaired) electrons. The zero-order valence-corrected chi connectivity index (χ0v) is 22.5. The van der Waals surface area contributed by atoms with Crippen molar-refractivity contribution in [1.82, 2.24) is 0 Å². The standard InChI is InChI=1S/C29H41NO5/c1-9-23(31)29(16-11-17-30-29)18-20(5)24(22-14-12-21(13-15-22)19(3)4)25(26(32)34-10-2)27(33)35-28(6,7)8/h11-17,19-20,24-25H,9-10,18H2,1-8H3. The molecule has 0 aromatic heterocycles. The van der Waals surface area contributed by atoms with Crippen molar-refractivity contribution >= 4 is 23.9 Å². The van der Waals surface area contributed by atoms with Gasteiger partial charge in [0.25, 0.3) is 0 Å². The van der Waals surface area contributed by atoms with Gasteiger partial charge in [-0.25, -0.2) is 0 Å². The third kappa shape index (κ3) is 7.12. The van der Waals surface area contributed by atoms with Crippen LogP contribution in [0.5, 0.6) is 0 Å². The highest BCUT2D eigenvalue weighted by atomic mass is 16.6. The van der Waals surface area contributed by atoms with Gasteiger partial charge in [0.05, 0.1) is 6.61 Å². The van der Waals surface area contributed by atoms with Gasteiger partial charge in [0.1, 0.15) is 11.1 Å². The molecule has 1 aromatic carbocycles. The summed E-state index contributed by atoms with van der Waals surface area (Å²) in [6.45, 7) is 15.2. The summed E-state index contributed by atoms with van der Waals surface area (Å²) in [6.07, 6.45) is 5.95. The van der Waals surface area contributed by atoms with Crippen molar-refractivity contribution in [2.75, 3.05) is 6.61 Å². The summed E-state index contributed by atoms with van der Waals surface area (Å²) in [4.78, 5) is 44.1. The van der Waals surface area contributed by atoms with Crippen molar-refractivity contribution in [3.8, 4) is 0 Å². The first-order valence-electron chi connectivity index (χ1n) is 12.6. The van der Waals surface area contributed by atoms with Crippen molar-refractivity contribution in [3.63, 3.8) is 0 Å². The molecule has 0 fully saturated rings. The Labute approximate surface area is 210 Å². The second-order valence-corrected chi connectivity index (χ2v) is 10.6. The molecule has 4 unspecified atom stereocenters. The average Bonchev–Trinajstić information content (AvgIpc) is 3.25. The van der Waals surface area contributed by atoms with Crippen molar-refractivity contribution < 1.29 is 23.9 Å². The van der Waals surface area contributed by atoms with Crippen LogP contribution in [0.1, 0.15) is 91.2 Å². The molecule has 0 aliphatic carbocycles. The molecule has 192 valence electrons. The fraction of sp³-hybridized carbons (Fsp3) is 0.586. The number of rotatable bonds is 11. The minimum Gasteiger partial charge on any atom is -0.465 e. The highest BCUT2D eigenvalue weighted by Gasteiger charge is 2.46. The van der Waals surface area contributed by atoms with E-state index in [9.17, 15) is 14.4 Å². The minimum absolute atomic E-state index is 0.00760. The van der Waals surface area contributed by atoms with Gasteiger partial charge < -0.3 is 9.47 Å². The van der Waals surface area contributed by atoms with Gasteiger partial charge in [-0.1, -0.05) is 52.0 Å². The Bertz CT molecular complexity index is 940. The summed E-state index contributed by atoms with van der Waals surface area (Å²) in [5.41, 5.74) is 0.230. The number of esters is 2. The predicted octanol–water partition coefficient (Wildman–Crippen LogP) is 5.80. The quantitative estimate of drug-likeness (QED) is 0.293. The molecule has 0 saturated heterocycles. The zero-order valence-electron chi connectivity index (χ0n) is 22.5. The molecule has 35 heavy (non-hydrogen) atoms. The van der Waals surface area contributed by atoms with Crippen LogP contribution in [0.2, 0.25) is 0 Å². The van der Waals surface area contributed by atoms with Gasteiger partial charge in [-0.3, -0.25) is 19.4 Å². The third-order valence-corrected chi connectivity index (χ3v) is 6.36. The zero-order chi connectivity index (χ0) is 26.4. The molecule has 1 aliphatic heterocycles. The number of hydrogen-bond acceptors (Lipinski definition) is 6. The number of hydrogen-bond donors (Lipinski definition) is 0. The van der Waals surface area contributed by atoms with Crippen LogP contribution in [0.3, 0.4) is 0 Å². The van der Waals surface area contributed by atoms with Crippen LogP contribution in [0.15, 0.2) is 41.4 Å². The number of aliphatic imine (C=N–C) groups is 1. The first-order chi connectivity index (χ1) is 16.3. The predicted molar refractivity (Wildman–Crippen MR) is 139 cm³/mol. The van der Waals surface area contributed by atoms with Crippen molar-refractivity contribution in [2.45, 2.75) is 91.2 Å². The lowest BCUT2D eigenvalue weighted by atomic mass is 9.71. The molecular formula is C29H41NO5. The number of allylic oxidation sites excluding steroid dienone is 1. The smallest absolute Gasteiger partial charge is 0.321 e. The number of Topliss-reactive ketones (excluding diaryl/α,β-unsaturated/α-hetero) is 1. The fourth-order valence-corrected chi connectivity index (χ4v) is 4.68. The van der Waals surface area contributed by atoms with Crippen LogP contribution in [-0.2, 0) is 23.9 Å². The molecule has 0 spiro atoms. The summed E-state index contributed by atoms with van der Waals surface area (Å²) in [5.74, 6) is -2.89. The summed E-state index contributed by atoms with van der Waals surface area (Å²) in [7, 11) is 0. The fourth-order valence-electron chi connectivity index (χ4n) is 4.68. The van der Waals surface area contributed by atoms with E-state index in [1.54, 1.807) is 40.0 Å². The molecule has 6 heteroatoms. The number of carbonyl (C=O) groups excluding carboxylic acids is 3. The van der Waals surface area contributed by atoms with Gasteiger partial charge in [-0.15, -0.1) is 0 Å². The lowest BCUT2D eigenvalue weighted by molar-refractivity contribution is -0.171. The van der Waals surface area contributed by atoms with E-state index in [2.05, 4.69) is 18.8 Å². The van der Waals surface area contributed by atoms with E-state index in [4.69, 9.17) is 9.47 Å². The number of ether oxygens (including phenoxy) is 2. The van der Waals surface area contributed by atoms with E-state index in [1.807, 2.05) is 44.2 Å². The van der Waals surface area contributed by atoms with E-state index in [0.29, 0.717) is 18.8 Å². The summed E-state index contributed by atoms with van der Waals surface area (Å²) >= 11 is 0. The summed E-state index contributed by atoms with van der Waals surface area (Å²) < 4.78 is 11.1. The molecule has 0 saturated carbocycles. The van der Waals surface area contributed by atoms with Crippen LogP contribution in [0, 0.1) is 11.8 Å². The molecule has 0 bridgehead atoms. The maximum atomic E-state index is 13.4. The van der Waals surface area contributed by atoms with Gasteiger partial charge in [-0.05, 0) is 69.2 Å². The van der Waals surface area contributed by atoms with Gasteiger partial charge in [-0.2, -0.15) is 0 Å². The van der Waals surface area contributed by atoms with Gasteiger partial charge in [0, 0.05) is 18.6 Å². The molecule has 0 amide bonds. The second-order valence-electron chi connectivity index (χ2n) is 10.6. The molecule has 1 aromatic rings. The van der Waals surface area contributed by atoms with Crippen LogP contribution >= 0.6 is 0 Å². The second kappa shape index (κ2) is 11.8. The Hall–Kier alpha value is -2.76. The van der Waals surface area contributed by atoms with Crippen LogP contribution < -0.4 is 0 Å². The first-order valence-corrected chi connectivity index (χ1v) is 12.6. The van der Waals surface area contributed by atoms with Crippen molar-refractivity contribution in [2.24, 2.45) is 16.8 Å². The Morgan fingerprint density at radius 1 is 0.971 bits per heavy atom. The van der Waals surface area contributed by atoms with Crippen molar-refractivity contribution in [1.29, 1.82) is 0 Å². The van der Waals surface area contributed by atoms with E-state index >= 15 is 0 Å². The Kier molecular flexibility index (Phi) is 9.59. The number of carbonyl (C=O) groups is 3. The third-order valence-electron chi connectivity index (χ3n) is 6.36. The van der Waals surface area contributed by atoms with E-state index in [-0.39, 0.29) is 18.3 Å². The SMILES string of the molecule is CCOC(=O)C(C(=O)OC(C)(C)C)C(c1ccc(C(C)C)cc1)C(C)CC1(C(=O)CC)C=CC=N1. The van der Waals surface area contributed by atoms with Crippen molar-refractivity contribution in [3.05, 3.63) is 47.5 Å². The van der Waals surface area contributed by atoms with Crippen LogP contribution in [-0.4, -0.2) is 41.7 Å². The maximum absolute atomic E-state index is 13.4. The number of ketones is 1. The van der Waals surface area contributed by atoms with Crippen LogP contribution in [0.4, 0.5) is 0 Å². The Morgan fingerprint density at radius 2 is 1.57 bits per heavy atom. The topological polar surface area (TPSA) is 82.0 Å². The Morgan fingerprint density at radius 3 is 2.03 bits per heavy atom. The van der Waals surface area contributed by atoms with Gasteiger partial charge in [0.15, 0.2) is 11.7 Å². The van der Waals surface area contributed by atoms with Gasteiger partial charge in [0.2, 0.25) is 0 Å². The van der Waals surface area contributed by atoms with E-state index < -0.39 is 34.9 Å². The van der Waals surface area contributed by atoms with Gasteiger partial charge >= 0.3 is 11.9 Å². The molecule has 0 N–H and O–H groups in total. The van der Waals surface area contributed by atoms with E-state index in [0.717, 1.165) is 11.1 Å². The van der Waals surface area contributed by atoms with E-state index in [1.165, 1.54) is 0 Å². The first kappa shape index (κ1) is 28.5. The van der Waals surface area contributed by atoms with Crippen LogP contribution in [0.25, 0.3) is 0 Å². The monoisotopic (exact) mass is 483 g/mol. The molecule has 1 aliphatic rings. The molecule has 2 rings (SSSR count). The normalized spacial score (nSPS) is 19.9. The Balaban J connectivity index is 2.60. The molecular weight excluding hydrogens is 442 g/mol. The number of benzene rings is 1. The largest absolute Gasteiger partial charge is 0.465 e. The molecule has 6 nitrogen and oxygen atoms in total. The summed E-state index contributed by atoms with van der Waals surface area (Å²) in [6, 6.07) is 7.99. The molecule has 4 atom stereocenters. The lowest BCUT2D eigenvalue weighted by Gasteiger charge is -2.35. The highest BCUT2D eigenvalue weighted by molar-refractivity contribution is 5.97. The minimum atomic E-state index is -1.17. The average molecular weight is 484 g/mol. The highest BCUT2D eigenvalue weighted by Crippen LogP contribution is 2.41. The summed E-state index contributed by atoms with van der Waals surface area (Å²) in [5, 5.41) is 0. The maximum Gasteiger partial charge on any atom is 0.321 e.